The Kier molecular flexibility index (Phi) is 5.24. The highest BCUT2D eigenvalue weighted by atomic mass is 32.2. The molecule has 1 aromatic carbocycles. The Morgan fingerprint density at radius 3 is 2.72 bits per heavy atom. The molecular formula is C18H17FN6O2S2. The molecule has 4 rings (SSSR count). The van der Waals surface area contributed by atoms with Crippen LogP contribution in [0.2, 0.25) is 0 Å². The maximum Gasteiger partial charge on any atom is 0.251 e. The quantitative estimate of drug-likeness (QED) is 0.404. The van der Waals surface area contributed by atoms with Crippen molar-refractivity contribution in [3.05, 3.63) is 46.1 Å². The second kappa shape index (κ2) is 7.84. The van der Waals surface area contributed by atoms with Gasteiger partial charge >= 0.3 is 0 Å². The van der Waals surface area contributed by atoms with E-state index < -0.39 is 5.91 Å². The predicted molar refractivity (Wildman–Crippen MR) is 110 cm³/mol. The second-order valence-corrected chi connectivity index (χ2v) is 8.49. The number of nitrogen functional groups attached to an aromatic ring is 1. The van der Waals surface area contributed by atoms with Crippen LogP contribution in [0, 0.1) is 5.82 Å². The van der Waals surface area contributed by atoms with Gasteiger partial charge in [-0.1, -0.05) is 11.8 Å². The zero-order valence-corrected chi connectivity index (χ0v) is 16.8. The molecule has 2 heterocycles. The van der Waals surface area contributed by atoms with Crippen molar-refractivity contribution >= 4 is 39.9 Å². The van der Waals surface area contributed by atoms with Crippen molar-refractivity contribution in [2.75, 3.05) is 16.9 Å². The molecule has 0 bridgehead atoms. The minimum atomic E-state index is -0.530. The van der Waals surface area contributed by atoms with Gasteiger partial charge in [0.25, 0.3) is 5.91 Å². The summed E-state index contributed by atoms with van der Waals surface area (Å²) < 4.78 is 14.3. The van der Waals surface area contributed by atoms with Crippen molar-refractivity contribution in [3.8, 4) is 11.4 Å². The number of anilines is 1. The molecule has 1 aliphatic carbocycles. The molecule has 2 amide bonds. The van der Waals surface area contributed by atoms with E-state index >= 15 is 0 Å². The average Bonchev–Trinajstić information content (AvgIpc) is 3.35. The van der Waals surface area contributed by atoms with Crippen molar-refractivity contribution in [1.82, 2.24) is 14.9 Å². The third-order valence-corrected chi connectivity index (χ3v) is 6.67. The molecule has 150 valence electrons. The topological polar surface area (TPSA) is 129 Å². The van der Waals surface area contributed by atoms with Crippen molar-refractivity contribution in [1.29, 1.82) is 0 Å². The van der Waals surface area contributed by atoms with Gasteiger partial charge in [0.2, 0.25) is 11.1 Å². The van der Waals surface area contributed by atoms with Crippen LogP contribution in [0.5, 0.6) is 0 Å². The summed E-state index contributed by atoms with van der Waals surface area (Å²) in [6, 6.07) is 5.70. The van der Waals surface area contributed by atoms with Gasteiger partial charge in [-0.2, -0.15) is 0 Å². The van der Waals surface area contributed by atoms with Gasteiger partial charge in [0.05, 0.1) is 11.3 Å². The van der Waals surface area contributed by atoms with Crippen LogP contribution < -0.4 is 16.9 Å². The van der Waals surface area contributed by atoms with Crippen molar-refractivity contribution < 1.29 is 14.0 Å². The number of benzene rings is 1. The van der Waals surface area contributed by atoms with E-state index in [0.29, 0.717) is 27.1 Å². The van der Waals surface area contributed by atoms with Gasteiger partial charge in [-0.05, 0) is 49.1 Å². The fourth-order valence-electron chi connectivity index (χ4n) is 3.22. The number of thioether (sulfide) groups is 1. The van der Waals surface area contributed by atoms with Crippen LogP contribution in [0.1, 0.15) is 27.2 Å². The zero-order chi connectivity index (χ0) is 20.5. The number of amides is 2. The normalized spacial score (nSPS) is 12.7. The van der Waals surface area contributed by atoms with Crippen molar-refractivity contribution in [3.63, 3.8) is 0 Å². The second-order valence-electron chi connectivity index (χ2n) is 6.45. The molecule has 0 atom stereocenters. The Balaban J connectivity index is 1.43. The molecule has 29 heavy (non-hydrogen) atoms. The Hall–Kier alpha value is -2.92. The first-order chi connectivity index (χ1) is 13.9. The molecule has 0 saturated heterocycles. The standard InChI is InChI=1S/C18H17FN6O2S2/c19-10-6-4-9(5-7-10)16-23-24-18(25(16)21)28-8-13(26)22-17-14(15(20)27)11-2-1-3-12(11)29-17/h4-7H,1-3,8,21H2,(H2,20,27)(H,22,26). The molecule has 0 radical (unpaired) electrons. The minimum Gasteiger partial charge on any atom is -0.365 e. The fourth-order valence-corrected chi connectivity index (χ4v) is 5.18. The Morgan fingerprint density at radius 2 is 2.00 bits per heavy atom. The first-order valence-electron chi connectivity index (χ1n) is 8.77. The highest BCUT2D eigenvalue weighted by Crippen LogP contribution is 2.38. The number of halogens is 1. The average molecular weight is 433 g/mol. The van der Waals surface area contributed by atoms with Crippen molar-refractivity contribution in [2.45, 2.75) is 24.4 Å². The summed E-state index contributed by atoms with van der Waals surface area (Å²) in [5, 5.41) is 11.6. The molecule has 5 N–H and O–H groups in total. The third-order valence-electron chi connectivity index (χ3n) is 4.52. The van der Waals surface area contributed by atoms with Gasteiger partial charge in [0, 0.05) is 10.4 Å². The molecule has 2 aromatic heterocycles. The number of primary amides is 1. The number of nitrogens with one attached hydrogen (secondary N) is 1. The molecule has 8 nitrogen and oxygen atoms in total. The lowest BCUT2D eigenvalue weighted by molar-refractivity contribution is -0.113. The van der Waals surface area contributed by atoms with Crippen LogP contribution in [0.4, 0.5) is 9.39 Å². The summed E-state index contributed by atoms with van der Waals surface area (Å²) in [6.45, 7) is 0. The largest absolute Gasteiger partial charge is 0.365 e. The summed E-state index contributed by atoms with van der Waals surface area (Å²) in [5.41, 5.74) is 7.49. The van der Waals surface area contributed by atoms with Crippen LogP contribution in [0.25, 0.3) is 11.4 Å². The molecule has 0 saturated carbocycles. The zero-order valence-electron chi connectivity index (χ0n) is 15.1. The molecule has 3 aromatic rings. The number of carbonyl (C=O) groups is 2. The van der Waals surface area contributed by atoms with Gasteiger partial charge < -0.3 is 16.9 Å². The number of nitrogens with zero attached hydrogens (tertiary/aromatic N) is 3. The highest BCUT2D eigenvalue weighted by Gasteiger charge is 2.26. The Bertz CT molecular complexity index is 1090. The summed E-state index contributed by atoms with van der Waals surface area (Å²) in [4.78, 5) is 25.3. The lowest BCUT2D eigenvalue weighted by Crippen LogP contribution is -2.19. The van der Waals surface area contributed by atoms with E-state index in [2.05, 4.69) is 15.5 Å². The number of rotatable bonds is 6. The van der Waals surface area contributed by atoms with Crippen LogP contribution in [0.3, 0.4) is 0 Å². The van der Waals surface area contributed by atoms with Crippen LogP contribution in [0.15, 0.2) is 29.4 Å². The van der Waals surface area contributed by atoms with Gasteiger partial charge in [-0.25, -0.2) is 9.07 Å². The fraction of sp³-hybridized carbons (Fsp3) is 0.222. The summed E-state index contributed by atoms with van der Waals surface area (Å²) in [7, 11) is 0. The first-order valence-corrected chi connectivity index (χ1v) is 10.6. The minimum absolute atomic E-state index is 0.0273. The summed E-state index contributed by atoms with van der Waals surface area (Å²) in [5.74, 6) is 5.20. The number of aromatic nitrogens is 3. The lowest BCUT2D eigenvalue weighted by Gasteiger charge is -2.06. The maximum atomic E-state index is 13.1. The van der Waals surface area contributed by atoms with Gasteiger partial charge in [0.1, 0.15) is 10.8 Å². The lowest BCUT2D eigenvalue weighted by atomic mass is 10.1. The van der Waals surface area contributed by atoms with E-state index in [-0.39, 0.29) is 17.5 Å². The first kappa shape index (κ1) is 19.4. The number of hydrogen-bond acceptors (Lipinski definition) is 7. The summed E-state index contributed by atoms with van der Waals surface area (Å²) >= 11 is 2.51. The number of hydrogen-bond donors (Lipinski definition) is 3. The van der Waals surface area contributed by atoms with Crippen LogP contribution in [-0.2, 0) is 17.6 Å². The number of thiophene rings is 1. The van der Waals surface area contributed by atoms with Crippen LogP contribution in [-0.4, -0.2) is 32.4 Å². The summed E-state index contributed by atoms with van der Waals surface area (Å²) in [6.07, 6.45) is 2.69. The Morgan fingerprint density at radius 1 is 1.24 bits per heavy atom. The van der Waals surface area contributed by atoms with E-state index in [0.717, 1.165) is 41.5 Å². The third kappa shape index (κ3) is 3.83. The molecule has 1 aliphatic rings. The molecular weight excluding hydrogens is 415 g/mol. The monoisotopic (exact) mass is 432 g/mol. The molecule has 0 unspecified atom stereocenters. The molecule has 11 heteroatoms. The van der Waals surface area contributed by atoms with Crippen molar-refractivity contribution in [2.24, 2.45) is 5.73 Å². The SMILES string of the molecule is NC(=O)c1c(NC(=O)CSc2nnc(-c3ccc(F)cc3)n2N)sc2c1CCC2. The number of fused-ring (bicyclic) bond motifs is 1. The maximum absolute atomic E-state index is 13.1. The smallest absolute Gasteiger partial charge is 0.251 e. The molecule has 0 aliphatic heterocycles. The number of carbonyl (C=O) groups excluding carboxylic acids is 2. The molecule has 0 spiro atoms. The van der Waals surface area contributed by atoms with Gasteiger partial charge in [0.15, 0.2) is 5.82 Å². The van der Waals surface area contributed by atoms with E-state index in [9.17, 15) is 14.0 Å². The number of aryl methyl sites for hydroxylation is 1. The van der Waals surface area contributed by atoms with E-state index in [1.165, 1.54) is 28.1 Å². The van der Waals surface area contributed by atoms with Crippen LogP contribution >= 0.6 is 23.1 Å². The van der Waals surface area contributed by atoms with Gasteiger partial charge in [-0.15, -0.1) is 21.5 Å². The van der Waals surface area contributed by atoms with E-state index in [1.807, 2.05) is 0 Å². The number of nitrogens with two attached hydrogens (primary N) is 2. The molecule has 0 fully saturated rings. The Labute approximate surface area is 173 Å². The highest BCUT2D eigenvalue weighted by molar-refractivity contribution is 7.99. The van der Waals surface area contributed by atoms with E-state index in [1.54, 1.807) is 12.1 Å². The van der Waals surface area contributed by atoms with E-state index in [4.69, 9.17) is 11.6 Å². The van der Waals surface area contributed by atoms with Gasteiger partial charge in [-0.3, -0.25) is 9.59 Å². The predicted octanol–water partition coefficient (Wildman–Crippen LogP) is 2.18.